The molecule has 0 radical (unpaired) electrons. The monoisotopic (exact) mass is 325 g/mol. The Balaban J connectivity index is 2.71. The molecule has 2 rings (SSSR count). The molecule has 0 aliphatic carbocycles. The molecule has 0 atom stereocenters. The lowest BCUT2D eigenvalue weighted by Gasteiger charge is -2.11. The number of carbonyl (C=O) groups is 1. The van der Waals surface area contributed by atoms with E-state index < -0.39 is 21.2 Å². The number of anilines is 1. The van der Waals surface area contributed by atoms with E-state index in [1.54, 1.807) is 39.8 Å². The summed E-state index contributed by atoms with van der Waals surface area (Å²) in [6, 6.07) is 4.67. The highest BCUT2D eigenvalue weighted by Gasteiger charge is 2.26. The summed E-state index contributed by atoms with van der Waals surface area (Å²) in [5, 5.41) is -0.668. The first-order chi connectivity index (χ1) is 10.2. The predicted molar refractivity (Wildman–Crippen MR) is 84.2 cm³/mol. The highest BCUT2D eigenvalue weighted by atomic mass is 32.2. The Bertz CT molecular complexity index is 822. The fourth-order valence-electron chi connectivity index (χ4n) is 2.02. The maximum atomic E-state index is 12.4. The second kappa shape index (κ2) is 5.60. The lowest BCUT2D eigenvalue weighted by Crippen LogP contribution is -2.23. The minimum Gasteiger partial charge on any atom is -0.459 e. The van der Waals surface area contributed by atoms with Gasteiger partial charge in [0.1, 0.15) is 5.52 Å². The summed E-state index contributed by atoms with van der Waals surface area (Å²) in [5.41, 5.74) is 6.44. The van der Waals surface area contributed by atoms with E-state index in [2.05, 4.69) is 4.98 Å². The van der Waals surface area contributed by atoms with E-state index in [9.17, 15) is 13.2 Å². The van der Waals surface area contributed by atoms with Gasteiger partial charge in [-0.2, -0.15) is 0 Å². The maximum Gasteiger partial charge on any atom is 0.340 e. The van der Waals surface area contributed by atoms with Gasteiger partial charge in [0.05, 0.1) is 22.4 Å². The molecule has 0 aliphatic heterocycles. The normalized spacial score (nSPS) is 12.3. The predicted octanol–water partition coefficient (Wildman–Crippen LogP) is 1.77. The van der Waals surface area contributed by atoms with E-state index in [1.807, 2.05) is 0 Å². The summed E-state index contributed by atoms with van der Waals surface area (Å²) in [6.07, 6.45) is -0.290. The number of aromatic nitrogens is 2. The number of ether oxygens (including phenoxy) is 1. The summed E-state index contributed by atoms with van der Waals surface area (Å²) in [5.74, 6) is -0.735. The fourth-order valence-corrected chi connectivity index (χ4v) is 3.16. The summed E-state index contributed by atoms with van der Waals surface area (Å²) in [7, 11) is -3.68. The number of nitrogens with zero attached hydrogens (tertiary/aromatic N) is 2. The van der Waals surface area contributed by atoms with Crippen LogP contribution in [0.3, 0.4) is 0 Å². The first-order valence-corrected chi connectivity index (χ1v) is 8.39. The number of rotatable bonds is 4. The largest absolute Gasteiger partial charge is 0.459 e. The summed E-state index contributed by atoms with van der Waals surface area (Å²) in [6.45, 7) is 6.57. The van der Waals surface area contributed by atoms with Crippen molar-refractivity contribution in [2.75, 3.05) is 5.73 Å². The van der Waals surface area contributed by atoms with Crippen molar-refractivity contribution < 1.29 is 17.9 Å². The van der Waals surface area contributed by atoms with E-state index >= 15 is 0 Å². The average molecular weight is 325 g/mol. The van der Waals surface area contributed by atoms with Gasteiger partial charge in [0, 0.05) is 0 Å². The minimum atomic E-state index is -3.68. The van der Waals surface area contributed by atoms with Crippen LogP contribution in [0.4, 0.5) is 5.95 Å². The van der Waals surface area contributed by atoms with Gasteiger partial charge in [-0.3, -0.25) is 0 Å². The zero-order valence-corrected chi connectivity index (χ0v) is 13.7. The van der Waals surface area contributed by atoms with Crippen LogP contribution in [0.1, 0.15) is 38.1 Å². The van der Waals surface area contributed by atoms with E-state index in [1.165, 1.54) is 6.07 Å². The van der Waals surface area contributed by atoms with Gasteiger partial charge in [-0.1, -0.05) is 6.07 Å². The van der Waals surface area contributed by atoms with Gasteiger partial charge < -0.3 is 10.5 Å². The first kappa shape index (κ1) is 16.3. The molecule has 0 saturated carbocycles. The van der Waals surface area contributed by atoms with Crippen molar-refractivity contribution in [3.05, 3.63) is 23.8 Å². The van der Waals surface area contributed by atoms with Crippen LogP contribution < -0.4 is 5.73 Å². The van der Waals surface area contributed by atoms with Gasteiger partial charge in [-0.05, 0) is 39.8 Å². The van der Waals surface area contributed by atoms with E-state index in [-0.39, 0.29) is 28.6 Å². The van der Waals surface area contributed by atoms with Crippen molar-refractivity contribution >= 4 is 33.0 Å². The molecule has 0 amide bonds. The smallest absolute Gasteiger partial charge is 0.340 e. The second-order valence-corrected chi connectivity index (χ2v) is 7.79. The first-order valence-electron chi connectivity index (χ1n) is 6.88. The fraction of sp³-hybridized carbons (Fsp3) is 0.429. The molecule has 7 nitrogen and oxygen atoms in total. The van der Waals surface area contributed by atoms with Crippen molar-refractivity contribution in [3.8, 4) is 0 Å². The highest BCUT2D eigenvalue weighted by molar-refractivity contribution is 7.90. The molecule has 0 spiro atoms. The van der Waals surface area contributed by atoms with Crippen LogP contribution in [0.25, 0.3) is 11.0 Å². The Morgan fingerprint density at radius 3 is 2.45 bits per heavy atom. The molecular formula is C14H19N3O4S. The van der Waals surface area contributed by atoms with Crippen molar-refractivity contribution in [2.45, 2.75) is 39.0 Å². The Morgan fingerprint density at radius 1 is 1.27 bits per heavy atom. The van der Waals surface area contributed by atoms with Gasteiger partial charge in [0.15, 0.2) is 0 Å². The molecule has 0 saturated heterocycles. The molecule has 0 aliphatic rings. The van der Waals surface area contributed by atoms with Gasteiger partial charge in [-0.15, -0.1) is 0 Å². The molecule has 1 aromatic carbocycles. The Kier molecular flexibility index (Phi) is 4.15. The van der Waals surface area contributed by atoms with Gasteiger partial charge in [0.25, 0.3) is 0 Å². The average Bonchev–Trinajstić information content (AvgIpc) is 2.73. The van der Waals surface area contributed by atoms with Crippen molar-refractivity contribution in [3.63, 3.8) is 0 Å². The summed E-state index contributed by atoms with van der Waals surface area (Å²) >= 11 is 0. The molecular weight excluding hydrogens is 306 g/mol. The van der Waals surface area contributed by atoms with Gasteiger partial charge in [-0.25, -0.2) is 22.2 Å². The summed E-state index contributed by atoms with van der Waals surface area (Å²) in [4.78, 5) is 16.2. The zero-order valence-electron chi connectivity index (χ0n) is 12.9. The molecule has 0 bridgehead atoms. The standard InChI is InChI=1S/C14H19N3O4S/c1-8(2)21-13(18)10-6-5-7-11-12(10)16-14(15)17(11)22(19,20)9(3)4/h5-9H,1-4H3,(H2,15,16). The van der Waals surface area contributed by atoms with E-state index in [0.29, 0.717) is 0 Å². The SMILES string of the molecule is CC(C)OC(=O)c1cccc2c1nc(N)n2S(=O)(=O)C(C)C. The van der Waals surface area contributed by atoms with Crippen molar-refractivity contribution in [1.82, 2.24) is 8.96 Å². The Morgan fingerprint density at radius 2 is 1.91 bits per heavy atom. The number of nitrogens with two attached hydrogens (primary N) is 1. The molecule has 22 heavy (non-hydrogen) atoms. The molecule has 8 heteroatoms. The van der Waals surface area contributed by atoms with Crippen molar-refractivity contribution in [2.24, 2.45) is 0 Å². The number of para-hydroxylation sites is 1. The molecule has 0 unspecified atom stereocenters. The highest BCUT2D eigenvalue weighted by Crippen LogP contribution is 2.25. The van der Waals surface area contributed by atoms with Crippen molar-refractivity contribution in [1.29, 1.82) is 0 Å². The van der Waals surface area contributed by atoms with Crippen LogP contribution in [-0.2, 0) is 14.8 Å². The van der Waals surface area contributed by atoms with Gasteiger partial charge in [0.2, 0.25) is 16.0 Å². The maximum absolute atomic E-state index is 12.4. The van der Waals surface area contributed by atoms with Crippen LogP contribution in [-0.4, -0.2) is 34.7 Å². The molecule has 2 N–H and O–H groups in total. The Labute approximate surface area is 129 Å². The number of hydrogen-bond acceptors (Lipinski definition) is 6. The van der Waals surface area contributed by atoms with E-state index in [0.717, 1.165) is 3.97 Å². The number of fused-ring (bicyclic) bond motifs is 1. The molecule has 0 fully saturated rings. The third-order valence-corrected chi connectivity index (χ3v) is 5.16. The lowest BCUT2D eigenvalue weighted by atomic mass is 10.2. The topological polar surface area (TPSA) is 104 Å². The number of esters is 1. The number of benzene rings is 1. The minimum absolute atomic E-state index is 0.173. The third-order valence-electron chi connectivity index (χ3n) is 3.08. The van der Waals surface area contributed by atoms with Crippen LogP contribution in [0, 0.1) is 0 Å². The summed E-state index contributed by atoms with van der Waals surface area (Å²) < 4.78 is 30.9. The number of imidazole rings is 1. The molecule has 120 valence electrons. The Hall–Kier alpha value is -2.09. The van der Waals surface area contributed by atoms with E-state index in [4.69, 9.17) is 10.5 Å². The number of carbonyl (C=O) groups excluding carboxylic acids is 1. The third kappa shape index (κ3) is 2.66. The number of hydrogen-bond donors (Lipinski definition) is 1. The lowest BCUT2D eigenvalue weighted by molar-refractivity contribution is 0.0380. The second-order valence-electron chi connectivity index (χ2n) is 5.46. The van der Waals surface area contributed by atoms with Gasteiger partial charge >= 0.3 is 5.97 Å². The molecule has 1 aromatic heterocycles. The van der Waals surface area contributed by atoms with Crippen LogP contribution >= 0.6 is 0 Å². The van der Waals surface area contributed by atoms with Crippen LogP contribution in [0.2, 0.25) is 0 Å². The molecule has 2 aromatic rings. The van der Waals surface area contributed by atoms with Crippen LogP contribution in [0.5, 0.6) is 0 Å². The zero-order chi connectivity index (χ0) is 16.7. The number of nitrogen functional groups attached to an aromatic ring is 1. The molecule has 1 heterocycles. The van der Waals surface area contributed by atoms with Crippen LogP contribution in [0.15, 0.2) is 18.2 Å². The quantitative estimate of drug-likeness (QED) is 0.859.